The fourth-order valence-electron chi connectivity index (χ4n) is 6.56. The summed E-state index contributed by atoms with van der Waals surface area (Å²) in [4.78, 5) is 40.9. The van der Waals surface area contributed by atoms with Gasteiger partial charge in [0, 0.05) is 58.9 Å². The molecule has 0 aliphatic carbocycles. The third kappa shape index (κ3) is 6.35. The molecule has 0 atom stereocenters. The number of aromatic nitrogens is 3. The van der Waals surface area contributed by atoms with Crippen molar-refractivity contribution in [2.45, 2.75) is 53.8 Å². The predicted molar refractivity (Wildman–Crippen MR) is 173 cm³/mol. The van der Waals surface area contributed by atoms with Crippen LogP contribution in [0, 0.1) is 16.6 Å². The minimum atomic E-state index is -5.04. The van der Waals surface area contributed by atoms with E-state index in [4.69, 9.17) is 25.8 Å². The molecule has 4 aromatic rings. The van der Waals surface area contributed by atoms with Crippen molar-refractivity contribution in [3.8, 4) is 11.1 Å². The van der Waals surface area contributed by atoms with Gasteiger partial charge in [-0.1, -0.05) is 65.3 Å². The van der Waals surface area contributed by atoms with Gasteiger partial charge in [0.05, 0.1) is 36.7 Å². The summed E-state index contributed by atoms with van der Waals surface area (Å²) in [6, 6.07) is 9.84. The second-order valence-electron chi connectivity index (χ2n) is 13.4. The Kier molecular flexibility index (Phi) is 8.85. The van der Waals surface area contributed by atoms with E-state index in [0.29, 0.717) is 48.5 Å². The number of rotatable bonds is 7. The lowest BCUT2D eigenvalue weighted by Crippen LogP contribution is -2.56. The lowest BCUT2D eigenvalue weighted by Gasteiger charge is -2.53. The van der Waals surface area contributed by atoms with Gasteiger partial charge in [0.1, 0.15) is 11.5 Å². The molecule has 1 aromatic carbocycles. The van der Waals surface area contributed by atoms with Gasteiger partial charge in [0.15, 0.2) is 5.72 Å². The molecule has 2 N–H and O–H groups in total. The highest BCUT2D eigenvalue weighted by Gasteiger charge is 2.57. The molecule has 1 aliphatic heterocycles. The largest absolute Gasteiger partial charge is 0.471 e. The molecule has 13 heteroatoms. The van der Waals surface area contributed by atoms with Crippen LogP contribution >= 0.6 is 19.4 Å². The Bertz CT molecular complexity index is 1820. The number of morpholine rings is 1. The van der Waals surface area contributed by atoms with Gasteiger partial charge in [0.25, 0.3) is 5.56 Å². The first-order chi connectivity index (χ1) is 20.9. The smallest absolute Gasteiger partial charge is 0.378 e. The number of halogens is 2. The second kappa shape index (κ2) is 12.0. The first-order valence-corrected chi connectivity index (χ1v) is 16.6. The number of anilines is 1. The van der Waals surface area contributed by atoms with E-state index >= 15 is 0 Å². The van der Waals surface area contributed by atoms with Crippen molar-refractivity contribution >= 4 is 36.1 Å². The molecular formula is C32H39ClFN4O6P. The number of hydrogen-bond acceptors (Lipinski definition) is 6. The minimum absolute atomic E-state index is 0.0106. The Morgan fingerprint density at radius 1 is 1.07 bits per heavy atom. The van der Waals surface area contributed by atoms with Crippen LogP contribution in [-0.2, 0) is 26.1 Å². The van der Waals surface area contributed by atoms with Crippen molar-refractivity contribution in [3.63, 3.8) is 0 Å². The molecule has 4 heterocycles. The van der Waals surface area contributed by atoms with Crippen LogP contribution in [0.2, 0.25) is 5.02 Å². The van der Waals surface area contributed by atoms with Gasteiger partial charge in [-0.2, -0.15) is 0 Å². The summed E-state index contributed by atoms with van der Waals surface area (Å²) in [7, 11) is -5.04. The highest BCUT2D eigenvalue weighted by molar-refractivity contribution is 7.46. The summed E-state index contributed by atoms with van der Waals surface area (Å²) in [6.07, 6.45) is 5.08. The van der Waals surface area contributed by atoms with Gasteiger partial charge in [-0.05, 0) is 23.8 Å². The first kappa shape index (κ1) is 33.3. The van der Waals surface area contributed by atoms with E-state index in [-0.39, 0.29) is 22.7 Å². The lowest BCUT2D eigenvalue weighted by atomic mass is 9.68. The molecule has 0 unspecified atom stereocenters. The summed E-state index contributed by atoms with van der Waals surface area (Å²) in [6.45, 7) is 13.6. The van der Waals surface area contributed by atoms with Crippen LogP contribution < -0.4 is 10.5 Å². The average molecular weight is 661 g/mol. The predicted octanol–water partition coefficient (Wildman–Crippen LogP) is 6.40. The number of phosphoric acid groups is 1. The molecule has 1 fully saturated rings. The molecule has 5 rings (SSSR count). The molecule has 0 saturated carbocycles. The van der Waals surface area contributed by atoms with Crippen molar-refractivity contribution < 1.29 is 28.0 Å². The Balaban J connectivity index is 1.74. The number of ether oxygens (including phenoxy) is 1. The monoisotopic (exact) mass is 660 g/mol. The zero-order chi connectivity index (χ0) is 32.9. The average Bonchev–Trinajstić information content (AvgIpc) is 3.33. The van der Waals surface area contributed by atoms with Gasteiger partial charge in [0.2, 0.25) is 0 Å². The molecule has 242 valence electrons. The lowest BCUT2D eigenvalue weighted by molar-refractivity contribution is -0.188. The maximum atomic E-state index is 14.6. The maximum Gasteiger partial charge on any atom is 0.471 e. The zero-order valence-electron chi connectivity index (χ0n) is 26.3. The van der Waals surface area contributed by atoms with E-state index in [0.717, 1.165) is 5.69 Å². The van der Waals surface area contributed by atoms with Crippen molar-refractivity contribution in [1.29, 1.82) is 0 Å². The fraction of sp³-hybridized carbons (Fsp3) is 0.438. The van der Waals surface area contributed by atoms with Gasteiger partial charge < -0.3 is 28.6 Å². The van der Waals surface area contributed by atoms with Crippen molar-refractivity contribution in [1.82, 2.24) is 14.1 Å². The van der Waals surface area contributed by atoms with Crippen molar-refractivity contribution in [3.05, 3.63) is 81.7 Å². The normalized spacial score (nSPS) is 15.2. The summed E-state index contributed by atoms with van der Waals surface area (Å²) >= 11 is 5.95. The Morgan fingerprint density at radius 2 is 1.73 bits per heavy atom. The Labute approximate surface area is 266 Å². The molecular weight excluding hydrogens is 622 g/mol. The first-order valence-electron chi connectivity index (χ1n) is 14.7. The third-order valence-corrected chi connectivity index (χ3v) is 9.10. The Hall–Kier alpha value is -3.05. The van der Waals surface area contributed by atoms with Gasteiger partial charge in [-0.3, -0.25) is 9.32 Å². The van der Waals surface area contributed by atoms with Crippen molar-refractivity contribution in [2.75, 3.05) is 31.2 Å². The summed E-state index contributed by atoms with van der Waals surface area (Å²) in [5, 5.41) is 0.650. The van der Waals surface area contributed by atoms with Crippen LogP contribution in [0.15, 0.2) is 59.8 Å². The van der Waals surface area contributed by atoms with E-state index in [9.17, 15) is 23.5 Å². The molecule has 10 nitrogen and oxygen atoms in total. The molecule has 0 amide bonds. The third-order valence-electron chi connectivity index (χ3n) is 8.31. The van der Waals surface area contributed by atoms with E-state index < -0.39 is 30.2 Å². The molecule has 1 saturated heterocycles. The topological polar surface area (TPSA) is 119 Å². The van der Waals surface area contributed by atoms with E-state index in [1.54, 1.807) is 41.4 Å². The molecule has 0 bridgehead atoms. The minimum Gasteiger partial charge on any atom is -0.378 e. The van der Waals surface area contributed by atoms with Gasteiger partial charge in [-0.15, -0.1) is 0 Å². The number of benzene rings is 1. The SMILES string of the molecule is CC(C)(C)C(OP(=O)(O)O)(n1cc(-c2ccn(Cc3cccc(Cl)c3F)c(=O)c2)c2cc(N3CCOCC3)cnc21)C(C)(C)C. The standard InChI is InChI=1S/C32H39ClFN4O6P/c1-30(2,3)32(31(4,5)6,44-45(40,41)42)38-20-25(24-17-23(18-35-29(24)38)36-12-14-43-15-13-36)21-10-11-37(27(39)16-21)19-22-8-7-9-26(33)28(22)34/h7-11,16-18,20H,12-15,19H2,1-6H3,(H2,40,41,42). The number of hydrogen-bond donors (Lipinski definition) is 2. The van der Waals surface area contributed by atoms with Crippen LogP contribution in [0.3, 0.4) is 0 Å². The summed E-state index contributed by atoms with van der Waals surface area (Å²) in [5.74, 6) is -0.578. The van der Waals surface area contributed by atoms with Crippen LogP contribution in [-0.4, -0.2) is 50.2 Å². The highest BCUT2D eigenvalue weighted by Crippen LogP contribution is 2.59. The van der Waals surface area contributed by atoms with Gasteiger partial charge in [-0.25, -0.2) is 13.9 Å². The number of pyridine rings is 2. The van der Waals surface area contributed by atoms with E-state index in [1.807, 2.05) is 47.6 Å². The van der Waals surface area contributed by atoms with E-state index in [2.05, 4.69) is 4.90 Å². The molecule has 1 aliphatic rings. The zero-order valence-corrected chi connectivity index (χ0v) is 27.9. The summed E-state index contributed by atoms with van der Waals surface area (Å²) < 4.78 is 41.7. The second-order valence-corrected chi connectivity index (χ2v) is 15.0. The fourth-order valence-corrected chi connectivity index (χ4v) is 7.73. The number of nitrogens with zero attached hydrogens (tertiary/aromatic N) is 4. The number of fused-ring (bicyclic) bond motifs is 1. The molecule has 0 radical (unpaired) electrons. The quantitative estimate of drug-likeness (QED) is 0.219. The van der Waals surface area contributed by atoms with Crippen LogP contribution in [0.25, 0.3) is 22.2 Å². The van der Waals surface area contributed by atoms with Gasteiger partial charge >= 0.3 is 7.82 Å². The van der Waals surface area contributed by atoms with E-state index in [1.165, 1.54) is 16.7 Å². The van der Waals surface area contributed by atoms with Crippen molar-refractivity contribution in [2.24, 2.45) is 10.8 Å². The molecule has 0 spiro atoms. The number of phosphoric ester groups is 1. The maximum absolute atomic E-state index is 14.6. The summed E-state index contributed by atoms with van der Waals surface area (Å²) in [5.41, 5.74) is -0.930. The van der Waals surface area contributed by atoms with Crippen LogP contribution in [0.5, 0.6) is 0 Å². The Morgan fingerprint density at radius 3 is 2.33 bits per heavy atom. The molecule has 45 heavy (non-hydrogen) atoms. The van der Waals surface area contributed by atoms with Crippen LogP contribution in [0.1, 0.15) is 47.1 Å². The molecule has 3 aromatic heterocycles. The highest BCUT2D eigenvalue weighted by atomic mass is 35.5. The van der Waals surface area contributed by atoms with Crippen LogP contribution in [0.4, 0.5) is 10.1 Å².